The van der Waals surface area contributed by atoms with Gasteiger partial charge in [-0.25, -0.2) is 4.79 Å². The summed E-state index contributed by atoms with van der Waals surface area (Å²) in [6, 6.07) is 7.22. The second-order valence-corrected chi connectivity index (χ2v) is 6.08. The molecule has 130 valence electrons. The third-order valence-electron chi connectivity index (χ3n) is 3.33. The van der Waals surface area contributed by atoms with Crippen LogP contribution in [0.1, 0.15) is 33.3 Å². The van der Waals surface area contributed by atoms with Crippen LogP contribution >= 0.6 is 0 Å². The van der Waals surface area contributed by atoms with Crippen LogP contribution in [0.3, 0.4) is 0 Å². The molecule has 0 aliphatic heterocycles. The number of hydrogen-bond donors (Lipinski definition) is 0. The zero-order valence-corrected chi connectivity index (χ0v) is 14.7. The fourth-order valence-electron chi connectivity index (χ4n) is 2.03. The highest BCUT2D eigenvalue weighted by Gasteiger charge is 2.39. The first-order valence-corrected chi connectivity index (χ1v) is 7.58. The number of methoxy groups -OCH3 is 1. The Kier molecular flexibility index (Phi) is 6.68. The summed E-state index contributed by atoms with van der Waals surface area (Å²) in [5.74, 6) is -0.940. The minimum Gasteiger partial charge on any atom is -0.497 e. The summed E-state index contributed by atoms with van der Waals surface area (Å²) in [5.41, 5.74) is 8.68. The number of ether oxygens (including phenoxy) is 2. The van der Waals surface area contributed by atoms with E-state index in [0.29, 0.717) is 5.75 Å². The number of esters is 1. The lowest BCUT2D eigenvalue weighted by Gasteiger charge is -2.34. The fourth-order valence-corrected chi connectivity index (χ4v) is 2.03. The average Bonchev–Trinajstić information content (AvgIpc) is 2.52. The molecular formula is C17H23N3O4. The van der Waals surface area contributed by atoms with Crippen molar-refractivity contribution in [1.29, 1.82) is 0 Å². The maximum absolute atomic E-state index is 12.7. The Morgan fingerprint density at radius 2 is 1.79 bits per heavy atom. The van der Waals surface area contributed by atoms with Crippen LogP contribution in [0, 0.1) is 0 Å². The molecule has 1 rings (SSSR count). The van der Waals surface area contributed by atoms with Gasteiger partial charge in [0.2, 0.25) is 0 Å². The van der Waals surface area contributed by atoms with E-state index in [4.69, 9.17) is 15.0 Å². The van der Waals surface area contributed by atoms with Crippen molar-refractivity contribution in [3.63, 3.8) is 0 Å². The van der Waals surface area contributed by atoms with E-state index in [9.17, 15) is 9.59 Å². The highest BCUT2D eigenvalue weighted by molar-refractivity contribution is 6.61. The van der Waals surface area contributed by atoms with Crippen LogP contribution in [0.25, 0.3) is 5.53 Å². The zero-order valence-electron chi connectivity index (χ0n) is 14.7. The molecule has 0 aliphatic carbocycles. The molecule has 0 saturated carbocycles. The summed E-state index contributed by atoms with van der Waals surface area (Å²) in [6.45, 7) is 7.41. The van der Waals surface area contributed by atoms with Crippen molar-refractivity contribution in [2.75, 3.05) is 13.7 Å². The van der Waals surface area contributed by atoms with Gasteiger partial charge in [0.15, 0.2) is 0 Å². The second-order valence-electron chi connectivity index (χ2n) is 6.08. The van der Waals surface area contributed by atoms with Crippen molar-refractivity contribution >= 4 is 17.6 Å². The molecule has 0 aromatic heterocycles. The van der Waals surface area contributed by atoms with Crippen LogP contribution < -0.4 is 4.74 Å². The van der Waals surface area contributed by atoms with E-state index in [1.54, 1.807) is 26.2 Å². The molecule has 7 heteroatoms. The van der Waals surface area contributed by atoms with Gasteiger partial charge in [-0.05, 0) is 45.4 Å². The molecule has 24 heavy (non-hydrogen) atoms. The molecule has 1 aromatic carbocycles. The van der Waals surface area contributed by atoms with Crippen molar-refractivity contribution in [3.8, 4) is 5.75 Å². The number of nitrogens with zero attached hydrogens (tertiary/aromatic N) is 3. The highest BCUT2D eigenvalue weighted by Crippen LogP contribution is 2.20. The van der Waals surface area contributed by atoms with Crippen LogP contribution in [-0.2, 0) is 20.9 Å². The first kappa shape index (κ1) is 19.4. The van der Waals surface area contributed by atoms with E-state index in [-0.39, 0.29) is 13.2 Å². The molecule has 0 N–H and O–H groups in total. The largest absolute Gasteiger partial charge is 0.497 e. The lowest BCUT2D eigenvalue weighted by atomic mass is 10.0. The lowest BCUT2D eigenvalue weighted by molar-refractivity contribution is -0.145. The van der Waals surface area contributed by atoms with E-state index in [1.807, 2.05) is 32.9 Å². The van der Waals surface area contributed by atoms with Crippen molar-refractivity contribution in [2.45, 2.75) is 39.8 Å². The normalized spacial score (nSPS) is 10.5. The molecule has 0 saturated heterocycles. The van der Waals surface area contributed by atoms with Crippen LogP contribution in [0.15, 0.2) is 24.3 Å². The first-order chi connectivity index (χ1) is 11.2. The monoisotopic (exact) mass is 333 g/mol. The molecule has 0 radical (unpaired) electrons. The maximum Gasteiger partial charge on any atom is 0.463 e. The van der Waals surface area contributed by atoms with Crippen molar-refractivity contribution in [1.82, 2.24) is 4.90 Å². The Bertz CT molecular complexity index is 641. The Morgan fingerprint density at radius 1 is 1.21 bits per heavy atom. The predicted octanol–water partition coefficient (Wildman–Crippen LogP) is 2.06. The Hall–Kier alpha value is -2.66. The summed E-state index contributed by atoms with van der Waals surface area (Å²) in [7, 11) is 1.57. The molecule has 0 fully saturated rings. The molecule has 1 aromatic rings. The predicted molar refractivity (Wildman–Crippen MR) is 88.6 cm³/mol. The van der Waals surface area contributed by atoms with Gasteiger partial charge in [0.1, 0.15) is 5.75 Å². The van der Waals surface area contributed by atoms with Gasteiger partial charge < -0.3 is 19.9 Å². The molecule has 1 amide bonds. The van der Waals surface area contributed by atoms with Crippen molar-refractivity contribution in [3.05, 3.63) is 35.4 Å². The highest BCUT2D eigenvalue weighted by atomic mass is 16.5. The number of amides is 1. The summed E-state index contributed by atoms with van der Waals surface area (Å²) in [6.07, 6.45) is 0. The van der Waals surface area contributed by atoms with Crippen LogP contribution in [-0.4, -0.2) is 46.5 Å². The summed E-state index contributed by atoms with van der Waals surface area (Å²) in [5, 5.41) is 0. The summed E-state index contributed by atoms with van der Waals surface area (Å²) in [4.78, 5) is 28.8. The van der Waals surface area contributed by atoms with Gasteiger partial charge in [0, 0.05) is 12.1 Å². The summed E-state index contributed by atoms with van der Waals surface area (Å²) >= 11 is 0. The van der Waals surface area contributed by atoms with E-state index in [0.717, 1.165) is 5.56 Å². The second kappa shape index (κ2) is 8.26. The van der Waals surface area contributed by atoms with Crippen molar-refractivity contribution < 1.29 is 23.9 Å². The quantitative estimate of drug-likeness (QED) is 0.262. The van der Waals surface area contributed by atoms with Gasteiger partial charge in [-0.15, -0.1) is 0 Å². The number of carbonyl (C=O) groups excluding carboxylic acids is 2. The van der Waals surface area contributed by atoms with E-state index >= 15 is 0 Å². The van der Waals surface area contributed by atoms with Gasteiger partial charge in [-0.2, -0.15) is 4.79 Å². The van der Waals surface area contributed by atoms with Gasteiger partial charge >= 0.3 is 17.6 Å². The molecule has 0 spiro atoms. The zero-order chi connectivity index (χ0) is 18.3. The maximum atomic E-state index is 12.7. The lowest BCUT2D eigenvalue weighted by Crippen LogP contribution is -2.50. The van der Waals surface area contributed by atoms with Crippen LogP contribution in [0.2, 0.25) is 0 Å². The molecule has 0 aliphatic rings. The molecule has 0 bridgehead atoms. The molecule has 7 nitrogen and oxygen atoms in total. The average molecular weight is 333 g/mol. The van der Waals surface area contributed by atoms with Gasteiger partial charge in [-0.3, -0.25) is 4.79 Å². The van der Waals surface area contributed by atoms with E-state index in [1.165, 1.54) is 4.90 Å². The Balaban J connectivity index is 3.10. The molecule has 0 unspecified atom stereocenters. The molecule has 0 atom stereocenters. The van der Waals surface area contributed by atoms with Gasteiger partial charge in [0.25, 0.3) is 0 Å². The number of carbonyl (C=O) groups is 2. The third-order valence-corrected chi connectivity index (χ3v) is 3.33. The minimum absolute atomic E-state index is 0.0825. The van der Waals surface area contributed by atoms with Gasteiger partial charge in [0.05, 0.1) is 13.7 Å². The number of hydrogen-bond acceptors (Lipinski definition) is 4. The Labute approximate surface area is 141 Å². The van der Waals surface area contributed by atoms with Crippen molar-refractivity contribution in [2.24, 2.45) is 0 Å². The Morgan fingerprint density at radius 3 is 2.21 bits per heavy atom. The first-order valence-electron chi connectivity index (χ1n) is 7.58. The SMILES string of the molecule is CCOC(=O)C(=[N+]=[N-])C(=O)N(Cc1ccc(OC)cc1)C(C)(C)C. The van der Waals surface area contributed by atoms with E-state index < -0.39 is 23.1 Å². The molecule has 0 heterocycles. The van der Waals surface area contributed by atoms with Crippen LogP contribution in [0.5, 0.6) is 5.75 Å². The van der Waals surface area contributed by atoms with E-state index in [2.05, 4.69) is 4.79 Å². The number of benzene rings is 1. The fraction of sp³-hybridized carbons (Fsp3) is 0.471. The smallest absolute Gasteiger partial charge is 0.463 e. The molecular weight excluding hydrogens is 310 g/mol. The minimum atomic E-state index is -0.950. The van der Waals surface area contributed by atoms with Crippen LogP contribution in [0.4, 0.5) is 0 Å². The standard InChI is InChI=1S/C17H23N3O4/c1-6-24-16(22)14(19-18)15(21)20(17(2,3)4)11-12-7-9-13(23-5)10-8-12/h7-10H,6,11H2,1-5H3. The number of rotatable bonds is 6. The van der Waals surface area contributed by atoms with Gasteiger partial charge in [-0.1, -0.05) is 12.1 Å². The third kappa shape index (κ3) is 4.93. The summed E-state index contributed by atoms with van der Waals surface area (Å²) < 4.78 is 9.87. The topological polar surface area (TPSA) is 92.2 Å².